The minimum Gasteiger partial charge on any atom is -0.477 e. The average molecular weight is 489 g/mol. The van der Waals surface area contributed by atoms with Gasteiger partial charge in [-0.3, -0.25) is 4.72 Å². The first-order valence-electron chi connectivity index (χ1n) is 11.0. The lowest BCUT2D eigenvalue weighted by molar-refractivity contribution is 0.0692. The van der Waals surface area contributed by atoms with Gasteiger partial charge in [-0.1, -0.05) is 51.1 Å². The van der Waals surface area contributed by atoms with Gasteiger partial charge >= 0.3 is 5.97 Å². The van der Waals surface area contributed by atoms with Crippen LogP contribution in [0.25, 0.3) is 33.2 Å². The highest BCUT2D eigenvalue weighted by Gasteiger charge is 2.23. The van der Waals surface area contributed by atoms with E-state index in [-0.39, 0.29) is 16.0 Å². The fourth-order valence-corrected chi connectivity index (χ4v) is 5.17. The van der Waals surface area contributed by atoms with Crippen LogP contribution in [0, 0.1) is 0 Å². The van der Waals surface area contributed by atoms with Crippen molar-refractivity contribution in [3.05, 3.63) is 84.1 Å². The summed E-state index contributed by atoms with van der Waals surface area (Å²) in [5, 5.41) is 11.2. The number of carbonyl (C=O) groups is 1. The zero-order chi connectivity index (χ0) is 25.0. The maximum atomic E-state index is 13.1. The first kappa shape index (κ1) is 22.7. The van der Waals surface area contributed by atoms with Crippen molar-refractivity contribution < 1.29 is 22.7 Å². The normalized spacial score (nSPS) is 12.3. The van der Waals surface area contributed by atoms with Gasteiger partial charge in [-0.25, -0.2) is 13.2 Å². The number of hydrogen-bond acceptors (Lipinski definition) is 4. The van der Waals surface area contributed by atoms with E-state index >= 15 is 0 Å². The van der Waals surface area contributed by atoms with Crippen LogP contribution in [0.4, 0.5) is 5.69 Å². The maximum absolute atomic E-state index is 13.1. The second kappa shape index (κ2) is 8.02. The van der Waals surface area contributed by atoms with Gasteiger partial charge in [-0.2, -0.15) is 0 Å². The van der Waals surface area contributed by atoms with Crippen LogP contribution in [-0.4, -0.2) is 24.5 Å². The van der Waals surface area contributed by atoms with Crippen LogP contribution in [-0.2, 0) is 15.4 Å². The molecule has 5 aromatic rings. The second-order valence-electron chi connectivity index (χ2n) is 9.47. The van der Waals surface area contributed by atoms with Crippen molar-refractivity contribution in [1.29, 1.82) is 0 Å². The van der Waals surface area contributed by atoms with Crippen LogP contribution in [0.5, 0.6) is 0 Å². The topological polar surface area (TPSA) is 112 Å². The lowest BCUT2D eigenvalue weighted by atomic mass is 9.87. The van der Waals surface area contributed by atoms with E-state index < -0.39 is 16.0 Å². The molecule has 0 radical (unpaired) electrons. The van der Waals surface area contributed by atoms with Crippen LogP contribution in [0.15, 0.2) is 82.1 Å². The standard InChI is InChI=1S/C27H24N2O5S/c1-27(2,3)17-8-11-19(12-9-17)35(32,33)29-18-10-13-21-20(15-18)24(25(28-21)26(30)31)23-14-16-6-4-5-7-22(16)34-23/h4-15,28-29H,1-3H3,(H,30,31). The van der Waals surface area contributed by atoms with Gasteiger partial charge in [0.2, 0.25) is 0 Å². The predicted molar refractivity (Wildman–Crippen MR) is 136 cm³/mol. The van der Waals surface area contributed by atoms with Gasteiger partial charge in [0.05, 0.1) is 10.5 Å². The number of aromatic carboxylic acids is 1. The molecule has 0 fully saturated rings. The summed E-state index contributed by atoms with van der Waals surface area (Å²) in [4.78, 5) is 15.0. The molecule has 0 atom stereocenters. The Balaban J connectivity index is 1.57. The molecule has 0 bridgehead atoms. The van der Waals surface area contributed by atoms with Crippen molar-refractivity contribution in [3.63, 3.8) is 0 Å². The second-order valence-corrected chi connectivity index (χ2v) is 11.2. The number of hydrogen-bond donors (Lipinski definition) is 3. The summed E-state index contributed by atoms with van der Waals surface area (Å²) in [6.07, 6.45) is 0. The van der Waals surface area contributed by atoms with Gasteiger partial charge < -0.3 is 14.5 Å². The number of anilines is 1. The number of aromatic nitrogens is 1. The molecule has 3 N–H and O–H groups in total. The van der Waals surface area contributed by atoms with Crippen molar-refractivity contribution in [2.75, 3.05) is 4.72 Å². The molecule has 3 aromatic carbocycles. The van der Waals surface area contributed by atoms with Crippen molar-refractivity contribution >= 4 is 43.6 Å². The molecule has 0 spiro atoms. The number of furan rings is 1. The third-order valence-electron chi connectivity index (χ3n) is 5.97. The van der Waals surface area contributed by atoms with E-state index in [4.69, 9.17) is 4.42 Å². The summed E-state index contributed by atoms with van der Waals surface area (Å²) in [6, 6.07) is 20.8. The number of fused-ring (bicyclic) bond motifs is 2. The largest absolute Gasteiger partial charge is 0.477 e. The van der Waals surface area contributed by atoms with E-state index in [1.54, 1.807) is 42.5 Å². The molecule has 7 nitrogen and oxygen atoms in total. The highest BCUT2D eigenvalue weighted by molar-refractivity contribution is 7.92. The van der Waals surface area contributed by atoms with Crippen molar-refractivity contribution in [2.45, 2.75) is 31.1 Å². The Hall–Kier alpha value is -4.04. The molecule has 0 aliphatic carbocycles. The Bertz CT molecular complexity index is 1650. The van der Waals surface area contributed by atoms with Crippen LogP contribution < -0.4 is 4.72 Å². The first-order chi connectivity index (χ1) is 16.5. The Morgan fingerprint density at radius 3 is 2.34 bits per heavy atom. The minimum absolute atomic E-state index is 0.0307. The molecule has 0 aliphatic rings. The molecule has 2 aromatic heterocycles. The predicted octanol–water partition coefficient (Wildman–Crippen LogP) is 6.38. The van der Waals surface area contributed by atoms with Crippen molar-refractivity contribution in [2.24, 2.45) is 0 Å². The summed E-state index contributed by atoms with van der Waals surface area (Å²) in [7, 11) is -3.85. The van der Waals surface area contributed by atoms with E-state index in [1.807, 2.05) is 30.3 Å². The number of benzene rings is 3. The van der Waals surface area contributed by atoms with Crippen molar-refractivity contribution in [1.82, 2.24) is 4.98 Å². The van der Waals surface area contributed by atoms with Gasteiger partial charge in [-0.05, 0) is 53.4 Å². The number of carboxylic acid groups (broad SMARTS) is 1. The summed E-state index contributed by atoms with van der Waals surface area (Å²) in [5.41, 5.74) is 2.76. The number of H-pyrrole nitrogens is 1. The quantitative estimate of drug-likeness (QED) is 0.266. The molecular formula is C27H24N2O5S. The molecule has 0 saturated heterocycles. The molecular weight excluding hydrogens is 464 g/mol. The zero-order valence-electron chi connectivity index (χ0n) is 19.4. The average Bonchev–Trinajstić information content (AvgIpc) is 3.39. The van der Waals surface area contributed by atoms with Gasteiger partial charge in [0.15, 0.2) is 0 Å². The van der Waals surface area contributed by atoms with E-state index in [1.165, 1.54) is 0 Å². The Morgan fingerprint density at radius 1 is 0.971 bits per heavy atom. The van der Waals surface area contributed by atoms with E-state index in [9.17, 15) is 18.3 Å². The van der Waals surface area contributed by atoms with Gasteiger partial charge in [-0.15, -0.1) is 0 Å². The SMILES string of the molecule is CC(C)(C)c1ccc(S(=O)(=O)Nc2ccc3[nH]c(C(=O)O)c(-c4cc5ccccc5o4)c3c2)cc1. The third-order valence-corrected chi connectivity index (χ3v) is 7.36. The van der Waals surface area contributed by atoms with E-state index in [0.29, 0.717) is 33.5 Å². The Labute approximate surface area is 202 Å². The van der Waals surface area contributed by atoms with E-state index in [0.717, 1.165) is 10.9 Å². The highest BCUT2D eigenvalue weighted by atomic mass is 32.2. The van der Waals surface area contributed by atoms with Gasteiger partial charge in [0, 0.05) is 22.0 Å². The van der Waals surface area contributed by atoms with Crippen LogP contribution in [0.3, 0.4) is 0 Å². The number of para-hydroxylation sites is 1. The van der Waals surface area contributed by atoms with Crippen LogP contribution >= 0.6 is 0 Å². The number of carboxylic acids is 1. The third kappa shape index (κ3) is 4.17. The number of aromatic amines is 1. The fraction of sp³-hybridized carbons (Fsp3) is 0.148. The minimum atomic E-state index is -3.85. The fourth-order valence-electron chi connectivity index (χ4n) is 4.12. The molecule has 2 heterocycles. The van der Waals surface area contributed by atoms with Crippen LogP contribution in [0.1, 0.15) is 36.8 Å². The van der Waals surface area contributed by atoms with Crippen LogP contribution in [0.2, 0.25) is 0 Å². The Morgan fingerprint density at radius 2 is 1.69 bits per heavy atom. The molecule has 0 unspecified atom stereocenters. The zero-order valence-corrected chi connectivity index (χ0v) is 20.2. The number of nitrogens with one attached hydrogen (secondary N) is 2. The lowest BCUT2D eigenvalue weighted by Crippen LogP contribution is -2.14. The summed E-state index contributed by atoms with van der Waals surface area (Å²) >= 11 is 0. The maximum Gasteiger partial charge on any atom is 0.353 e. The van der Waals surface area contributed by atoms with Gasteiger partial charge in [0.1, 0.15) is 17.0 Å². The monoisotopic (exact) mass is 488 g/mol. The smallest absolute Gasteiger partial charge is 0.353 e. The van der Waals surface area contributed by atoms with Gasteiger partial charge in [0.25, 0.3) is 10.0 Å². The molecule has 35 heavy (non-hydrogen) atoms. The van der Waals surface area contributed by atoms with E-state index in [2.05, 4.69) is 30.5 Å². The molecule has 0 aliphatic heterocycles. The molecule has 0 amide bonds. The Kier molecular flexibility index (Phi) is 5.21. The molecule has 5 rings (SSSR count). The molecule has 8 heteroatoms. The highest BCUT2D eigenvalue weighted by Crippen LogP contribution is 2.37. The number of rotatable bonds is 5. The van der Waals surface area contributed by atoms with Crippen molar-refractivity contribution in [3.8, 4) is 11.3 Å². The number of sulfonamides is 1. The summed E-state index contributed by atoms with van der Waals surface area (Å²) < 4.78 is 34.7. The molecule has 0 saturated carbocycles. The lowest BCUT2D eigenvalue weighted by Gasteiger charge is -2.19. The first-order valence-corrected chi connectivity index (χ1v) is 12.5. The summed E-state index contributed by atoms with van der Waals surface area (Å²) in [5.74, 6) is -0.759. The summed E-state index contributed by atoms with van der Waals surface area (Å²) in [6.45, 7) is 6.18. The molecule has 178 valence electrons.